The van der Waals surface area contributed by atoms with Crippen LogP contribution in [0, 0.1) is 0 Å². The Morgan fingerprint density at radius 3 is 2.80 bits per heavy atom. The van der Waals surface area contributed by atoms with Crippen LogP contribution in [0.15, 0.2) is 42.5 Å². The molecule has 0 bridgehead atoms. The molecule has 126 valence electrons. The van der Waals surface area contributed by atoms with Crippen LogP contribution in [0.4, 0.5) is 5.69 Å². The van der Waals surface area contributed by atoms with E-state index in [2.05, 4.69) is 20.9 Å². The maximum Gasteiger partial charge on any atom is 0.313 e. The van der Waals surface area contributed by atoms with E-state index in [-0.39, 0.29) is 6.54 Å². The predicted molar refractivity (Wildman–Crippen MR) is 97.1 cm³/mol. The van der Waals surface area contributed by atoms with Gasteiger partial charge in [-0.3, -0.25) is 9.59 Å². The van der Waals surface area contributed by atoms with Gasteiger partial charge in [0.2, 0.25) is 0 Å². The highest BCUT2D eigenvalue weighted by Gasteiger charge is 2.16. The van der Waals surface area contributed by atoms with Crippen molar-refractivity contribution < 1.29 is 9.59 Å². The third kappa shape index (κ3) is 3.38. The Balaban J connectivity index is 1.36. The van der Waals surface area contributed by atoms with Gasteiger partial charge in [-0.1, -0.05) is 18.2 Å². The topological polar surface area (TPSA) is 83.1 Å². The Labute approximate surface area is 148 Å². The largest absolute Gasteiger partial charge is 0.341 e. The van der Waals surface area contributed by atoms with Crippen molar-refractivity contribution in [2.45, 2.75) is 19.6 Å². The van der Waals surface area contributed by atoms with Gasteiger partial charge in [0.05, 0.1) is 16.8 Å². The van der Waals surface area contributed by atoms with Gasteiger partial charge in [0.15, 0.2) is 0 Å². The molecule has 2 amide bonds. The maximum absolute atomic E-state index is 12.1. The first-order chi connectivity index (χ1) is 12.2. The van der Waals surface area contributed by atoms with E-state index in [1.807, 2.05) is 42.5 Å². The number of benzene rings is 2. The summed E-state index contributed by atoms with van der Waals surface area (Å²) in [5.74, 6) is -1.34. The molecule has 0 aliphatic carbocycles. The number of fused-ring (bicyclic) bond motifs is 2. The van der Waals surface area contributed by atoms with E-state index in [0.717, 1.165) is 33.9 Å². The highest BCUT2D eigenvalue weighted by atomic mass is 32.1. The third-order valence-electron chi connectivity index (χ3n) is 4.04. The van der Waals surface area contributed by atoms with Gasteiger partial charge < -0.3 is 16.0 Å². The number of amides is 2. The molecule has 2 aromatic carbocycles. The van der Waals surface area contributed by atoms with Crippen molar-refractivity contribution in [1.82, 2.24) is 15.6 Å². The molecule has 3 aromatic rings. The van der Waals surface area contributed by atoms with Gasteiger partial charge >= 0.3 is 11.8 Å². The van der Waals surface area contributed by atoms with Crippen LogP contribution in [-0.4, -0.2) is 16.8 Å². The van der Waals surface area contributed by atoms with Crippen LogP contribution in [-0.2, 0) is 29.2 Å². The Morgan fingerprint density at radius 2 is 1.92 bits per heavy atom. The second-order valence-electron chi connectivity index (χ2n) is 5.80. The van der Waals surface area contributed by atoms with Crippen molar-refractivity contribution in [2.75, 3.05) is 5.32 Å². The number of carbonyl (C=O) groups excluding carboxylic acids is 2. The van der Waals surface area contributed by atoms with Crippen molar-refractivity contribution in [3.63, 3.8) is 0 Å². The third-order valence-corrected chi connectivity index (χ3v) is 5.08. The minimum Gasteiger partial charge on any atom is -0.341 e. The van der Waals surface area contributed by atoms with Gasteiger partial charge in [0.25, 0.3) is 0 Å². The predicted octanol–water partition coefficient (Wildman–Crippen LogP) is 2.15. The molecule has 0 saturated heterocycles. The Hall–Kier alpha value is -2.77. The first-order valence-corrected chi connectivity index (χ1v) is 8.77. The minimum atomic E-state index is -0.674. The summed E-state index contributed by atoms with van der Waals surface area (Å²) in [6.07, 6.45) is 0. The molecule has 0 radical (unpaired) electrons. The van der Waals surface area contributed by atoms with Gasteiger partial charge in [-0.15, -0.1) is 11.3 Å². The summed E-state index contributed by atoms with van der Waals surface area (Å²) in [5, 5.41) is 9.27. The van der Waals surface area contributed by atoms with Crippen LogP contribution in [0.5, 0.6) is 0 Å². The van der Waals surface area contributed by atoms with Gasteiger partial charge in [-0.2, -0.15) is 0 Å². The van der Waals surface area contributed by atoms with Crippen LogP contribution in [0.25, 0.3) is 10.2 Å². The lowest BCUT2D eigenvalue weighted by Gasteiger charge is -2.07. The average Bonchev–Trinajstić information content (AvgIpc) is 3.25. The van der Waals surface area contributed by atoms with Crippen molar-refractivity contribution in [3.05, 3.63) is 58.6 Å². The molecule has 0 spiro atoms. The van der Waals surface area contributed by atoms with E-state index < -0.39 is 11.8 Å². The minimum absolute atomic E-state index is 0.236. The van der Waals surface area contributed by atoms with Crippen LogP contribution in [0.1, 0.15) is 16.1 Å². The summed E-state index contributed by atoms with van der Waals surface area (Å²) in [5.41, 5.74) is 3.89. The van der Waals surface area contributed by atoms with Crippen molar-refractivity contribution in [2.24, 2.45) is 0 Å². The van der Waals surface area contributed by atoms with E-state index in [1.54, 1.807) is 0 Å². The summed E-state index contributed by atoms with van der Waals surface area (Å²) in [7, 11) is 0. The summed E-state index contributed by atoms with van der Waals surface area (Å²) in [6.45, 7) is 1.86. The SMILES string of the molecule is O=C(NCc1nc2ccccc2s1)C(=O)Nc1ccc2c(c1)CNC2. The number of hydrogen-bond donors (Lipinski definition) is 3. The molecule has 0 fully saturated rings. The zero-order valence-corrected chi connectivity index (χ0v) is 14.2. The zero-order chi connectivity index (χ0) is 17.2. The monoisotopic (exact) mass is 352 g/mol. The van der Waals surface area contributed by atoms with Gasteiger partial charge in [-0.25, -0.2) is 4.98 Å². The number of para-hydroxylation sites is 1. The fourth-order valence-corrected chi connectivity index (χ4v) is 3.70. The number of rotatable bonds is 3. The molecular weight excluding hydrogens is 336 g/mol. The molecule has 1 aliphatic rings. The quantitative estimate of drug-likeness (QED) is 0.631. The summed E-state index contributed by atoms with van der Waals surface area (Å²) in [6, 6.07) is 13.4. The number of carbonyl (C=O) groups is 2. The van der Waals surface area contributed by atoms with E-state index in [1.165, 1.54) is 16.9 Å². The summed E-state index contributed by atoms with van der Waals surface area (Å²) >= 11 is 1.50. The van der Waals surface area contributed by atoms with Crippen LogP contribution >= 0.6 is 11.3 Å². The molecule has 6 nitrogen and oxygen atoms in total. The highest BCUT2D eigenvalue weighted by Crippen LogP contribution is 2.21. The molecule has 2 heterocycles. The molecule has 0 saturated carbocycles. The maximum atomic E-state index is 12.1. The molecule has 25 heavy (non-hydrogen) atoms. The average molecular weight is 352 g/mol. The lowest BCUT2D eigenvalue weighted by atomic mass is 10.1. The summed E-state index contributed by atoms with van der Waals surface area (Å²) in [4.78, 5) is 28.5. The molecule has 1 aromatic heterocycles. The number of nitrogens with one attached hydrogen (secondary N) is 3. The van der Waals surface area contributed by atoms with Crippen LogP contribution in [0.3, 0.4) is 0 Å². The van der Waals surface area contributed by atoms with Gasteiger partial charge in [0, 0.05) is 18.8 Å². The first-order valence-electron chi connectivity index (χ1n) is 7.95. The smallest absolute Gasteiger partial charge is 0.313 e. The number of anilines is 1. The lowest BCUT2D eigenvalue weighted by molar-refractivity contribution is -0.136. The van der Waals surface area contributed by atoms with Crippen LogP contribution in [0.2, 0.25) is 0 Å². The second-order valence-corrected chi connectivity index (χ2v) is 6.91. The summed E-state index contributed by atoms with van der Waals surface area (Å²) < 4.78 is 1.06. The molecule has 4 rings (SSSR count). The van der Waals surface area contributed by atoms with Crippen LogP contribution < -0.4 is 16.0 Å². The van der Waals surface area contributed by atoms with Gasteiger partial charge in [-0.05, 0) is 35.4 Å². The normalized spacial score (nSPS) is 12.8. The number of hydrogen-bond acceptors (Lipinski definition) is 5. The van der Waals surface area contributed by atoms with E-state index in [4.69, 9.17) is 0 Å². The molecule has 0 unspecified atom stereocenters. The van der Waals surface area contributed by atoms with E-state index in [9.17, 15) is 9.59 Å². The van der Waals surface area contributed by atoms with E-state index >= 15 is 0 Å². The molecule has 1 aliphatic heterocycles. The molecular formula is C18H16N4O2S. The number of nitrogens with zero attached hydrogens (tertiary/aromatic N) is 1. The number of aromatic nitrogens is 1. The van der Waals surface area contributed by atoms with Crippen molar-refractivity contribution in [1.29, 1.82) is 0 Å². The number of thiazole rings is 1. The molecule has 0 atom stereocenters. The van der Waals surface area contributed by atoms with Crippen molar-refractivity contribution >= 4 is 39.1 Å². The molecule has 7 heteroatoms. The Kier molecular flexibility index (Phi) is 4.17. The van der Waals surface area contributed by atoms with E-state index in [0.29, 0.717) is 5.69 Å². The van der Waals surface area contributed by atoms with Gasteiger partial charge in [0.1, 0.15) is 5.01 Å². The standard InChI is InChI=1S/C18H16N4O2S/c23-17(20-10-16-22-14-3-1-2-4-15(14)25-16)18(24)21-13-6-5-11-8-19-9-12(11)7-13/h1-7,19H,8-10H2,(H,20,23)(H,21,24). The zero-order valence-electron chi connectivity index (χ0n) is 13.3. The Morgan fingerprint density at radius 1 is 1.08 bits per heavy atom. The fraction of sp³-hybridized carbons (Fsp3) is 0.167. The Bertz CT molecular complexity index is 934. The fourth-order valence-electron chi connectivity index (χ4n) is 2.79. The first kappa shape index (κ1) is 15.7. The lowest BCUT2D eigenvalue weighted by Crippen LogP contribution is -2.34. The van der Waals surface area contributed by atoms with Crippen molar-refractivity contribution in [3.8, 4) is 0 Å². The highest BCUT2D eigenvalue weighted by molar-refractivity contribution is 7.18. The second kappa shape index (κ2) is 6.62. The molecule has 3 N–H and O–H groups in total.